The van der Waals surface area contributed by atoms with Crippen molar-refractivity contribution in [2.45, 2.75) is 126 Å². The SMILES string of the molecule is C=C/C=C(\C=C/CC(O)c1c(C(C)C)nc2c(c1CC)C(O)CC(C)(C)C2)OC(C)C.CC.CC. The second kappa shape index (κ2) is 16.0. The van der Waals surface area contributed by atoms with E-state index in [2.05, 4.69) is 41.2 Å². The Hall–Kier alpha value is -1.91. The normalized spacial score (nSPS) is 17.8. The summed E-state index contributed by atoms with van der Waals surface area (Å²) in [5.41, 5.74) is 4.86. The lowest BCUT2D eigenvalue weighted by molar-refractivity contribution is 0.0962. The largest absolute Gasteiger partial charge is 0.491 e. The molecule has 1 aliphatic carbocycles. The topological polar surface area (TPSA) is 62.6 Å². The highest BCUT2D eigenvalue weighted by Crippen LogP contribution is 2.44. The van der Waals surface area contributed by atoms with Gasteiger partial charge in [0.2, 0.25) is 0 Å². The van der Waals surface area contributed by atoms with Crippen LogP contribution in [0.5, 0.6) is 0 Å². The number of ether oxygens (including phenoxy) is 1. The van der Waals surface area contributed by atoms with Crippen molar-refractivity contribution in [2.75, 3.05) is 0 Å². The molecule has 1 heterocycles. The van der Waals surface area contributed by atoms with Gasteiger partial charge in [-0.15, -0.1) is 0 Å². The molecule has 0 saturated heterocycles. The van der Waals surface area contributed by atoms with Crippen molar-refractivity contribution in [3.63, 3.8) is 0 Å². The van der Waals surface area contributed by atoms with Gasteiger partial charge in [0.1, 0.15) is 5.76 Å². The first-order chi connectivity index (χ1) is 16.5. The molecule has 0 saturated carbocycles. The Balaban J connectivity index is 0.00000274. The van der Waals surface area contributed by atoms with Crippen LogP contribution in [0.1, 0.15) is 135 Å². The van der Waals surface area contributed by atoms with Crippen LogP contribution in [-0.2, 0) is 17.6 Å². The van der Waals surface area contributed by atoms with Gasteiger partial charge in [-0.1, -0.05) is 81.0 Å². The van der Waals surface area contributed by atoms with E-state index in [4.69, 9.17) is 9.72 Å². The maximum atomic E-state index is 11.2. The highest BCUT2D eigenvalue weighted by atomic mass is 16.5. The first-order valence-corrected chi connectivity index (χ1v) is 13.6. The molecule has 0 bridgehead atoms. The van der Waals surface area contributed by atoms with Crippen molar-refractivity contribution in [1.82, 2.24) is 4.98 Å². The van der Waals surface area contributed by atoms with Gasteiger partial charge in [-0.2, -0.15) is 0 Å². The summed E-state index contributed by atoms with van der Waals surface area (Å²) in [4.78, 5) is 5.01. The van der Waals surface area contributed by atoms with Crippen LogP contribution < -0.4 is 0 Å². The number of hydrogen-bond donors (Lipinski definition) is 2. The number of aliphatic hydroxyl groups excluding tert-OH is 2. The Morgan fingerprint density at radius 2 is 1.77 bits per heavy atom. The van der Waals surface area contributed by atoms with Crippen molar-refractivity contribution >= 4 is 0 Å². The Kier molecular flexibility index (Phi) is 15.1. The van der Waals surface area contributed by atoms with E-state index in [9.17, 15) is 10.2 Å². The van der Waals surface area contributed by atoms with E-state index in [-0.39, 0.29) is 17.4 Å². The highest BCUT2D eigenvalue weighted by Gasteiger charge is 2.36. The monoisotopic (exact) mass is 487 g/mol. The van der Waals surface area contributed by atoms with Crippen molar-refractivity contribution < 1.29 is 14.9 Å². The second-order valence-corrected chi connectivity index (χ2v) is 9.94. The van der Waals surface area contributed by atoms with Crippen LogP contribution in [0.25, 0.3) is 0 Å². The molecule has 0 spiro atoms. The number of pyridine rings is 1. The number of fused-ring (bicyclic) bond motifs is 1. The van der Waals surface area contributed by atoms with Gasteiger partial charge in [0.05, 0.1) is 18.3 Å². The minimum atomic E-state index is -0.687. The van der Waals surface area contributed by atoms with Crippen LogP contribution in [-0.4, -0.2) is 21.3 Å². The molecular formula is C31H53NO3. The molecule has 1 aromatic rings. The van der Waals surface area contributed by atoms with Gasteiger partial charge in [0.25, 0.3) is 0 Å². The second-order valence-electron chi connectivity index (χ2n) is 9.94. The van der Waals surface area contributed by atoms with Crippen molar-refractivity contribution in [3.8, 4) is 0 Å². The predicted octanol–water partition coefficient (Wildman–Crippen LogP) is 8.30. The molecule has 0 radical (unpaired) electrons. The van der Waals surface area contributed by atoms with E-state index in [1.54, 1.807) is 6.08 Å². The van der Waals surface area contributed by atoms with E-state index in [0.29, 0.717) is 12.8 Å². The third-order valence-corrected chi connectivity index (χ3v) is 5.75. The summed E-state index contributed by atoms with van der Waals surface area (Å²) >= 11 is 0. The summed E-state index contributed by atoms with van der Waals surface area (Å²) in [6, 6.07) is 0. The third-order valence-electron chi connectivity index (χ3n) is 5.75. The molecule has 0 aliphatic heterocycles. The zero-order valence-electron chi connectivity index (χ0n) is 24.4. The van der Waals surface area contributed by atoms with Gasteiger partial charge in [-0.3, -0.25) is 4.98 Å². The number of aliphatic hydroxyl groups is 2. The summed E-state index contributed by atoms with van der Waals surface area (Å²) in [5, 5.41) is 22.2. The Morgan fingerprint density at radius 1 is 1.17 bits per heavy atom. The van der Waals surface area contributed by atoms with Crippen LogP contribution >= 0.6 is 0 Å². The molecule has 1 aromatic heterocycles. The Morgan fingerprint density at radius 3 is 2.26 bits per heavy atom. The molecule has 200 valence electrons. The molecule has 0 amide bonds. The molecule has 35 heavy (non-hydrogen) atoms. The van der Waals surface area contributed by atoms with E-state index < -0.39 is 12.2 Å². The molecule has 4 nitrogen and oxygen atoms in total. The first kappa shape index (κ1) is 33.1. The highest BCUT2D eigenvalue weighted by molar-refractivity contribution is 5.46. The minimum absolute atomic E-state index is 0.0197. The smallest absolute Gasteiger partial charge is 0.119 e. The van der Waals surface area contributed by atoms with E-state index in [1.165, 1.54) is 0 Å². The van der Waals surface area contributed by atoms with Crippen molar-refractivity contribution in [1.29, 1.82) is 0 Å². The maximum Gasteiger partial charge on any atom is 0.119 e. The quantitative estimate of drug-likeness (QED) is 0.271. The summed E-state index contributed by atoms with van der Waals surface area (Å²) in [5.74, 6) is 0.908. The molecule has 1 aliphatic rings. The maximum absolute atomic E-state index is 11.2. The van der Waals surface area contributed by atoms with Crippen LogP contribution in [0.15, 0.2) is 36.6 Å². The molecular weight excluding hydrogens is 434 g/mol. The minimum Gasteiger partial charge on any atom is -0.491 e. The average Bonchev–Trinajstić information content (AvgIpc) is 2.79. The Labute approximate surface area is 216 Å². The number of rotatable bonds is 9. The van der Waals surface area contributed by atoms with Gasteiger partial charge in [0.15, 0.2) is 0 Å². The average molecular weight is 488 g/mol. The van der Waals surface area contributed by atoms with Gasteiger partial charge in [0, 0.05) is 22.5 Å². The molecule has 0 aromatic carbocycles. The molecule has 0 fully saturated rings. The van der Waals surface area contributed by atoms with Crippen molar-refractivity contribution in [2.24, 2.45) is 5.41 Å². The van der Waals surface area contributed by atoms with Gasteiger partial charge < -0.3 is 14.9 Å². The van der Waals surface area contributed by atoms with E-state index in [1.807, 2.05) is 59.8 Å². The first-order valence-electron chi connectivity index (χ1n) is 13.6. The fourth-order valence-electron chi connectivity index (χ4n) is 4.57. The Bertz CT molecular complexity index is 834. The summed E-state index contributed by atoms with van der Waals surface area (Å²) in [6.07, 6.45) is 8.95. The zero-order chi connectivity index (χ0) is 27.3. The van der Waals surface area contributed by atoms with E-state index in [0.717, 1.165) is 46.7 Å². The summed E-state index contributed by atoms with van der Waals surface area (Å²) in [6.45, 7) is 26.4. The third kappa shape index (κ3) is 9.57. The van der Waals surface area contributed by atoms with Gasteiger partial charge >= 0.3 is 0 Å². The lowest BCUT2D eigenvalue weighted by atomic mass is 9.72. The number of aromatic nitrogens is 1. The van der Waals surface area contributed by atoms with Crippen LogP contribution in [0, 0.1) is 5.41 Å². The number of allylic oxidation sites excluding steroid dienone is 3. The lowest BCUT2D eigenvalue weighted by Gasteiger charge is -2.37. The van der Waals surface area contributed by atoms with Gasteiger partial charge in [-0.05, 0) is 68.6 Å². The van der Waals surface area contributed by atoms with Gasteiger partial charge in [-0.25, -0.2) is 0 Å². The molecule has 2 atom stereocenters. The number of hydrogen-bond acceptors (Lipinski definition) is 4. The standard InChI is InChI=1S/C27H41NO3.2C2H6/c1-9-12-19(31-18(5)6)13-11-14-22(29)25-20(10-2)24-21(28-26(25)17(3)4)15-27(7,8)16-23(24)30;2*1-2/h9,11-13,17-18,22-23,29-30H,1,10,14-16H2,2-8H3;2*1-2H3/b13-11-,19-12+;;. The fraction of sp³-hybridized carbons (Fsp3) is 0.645. The predicted molar refractivity (Wildman–Crippen MR) is 151 cm³/mol. The summed E-state index contributed by atoms with van der Waals surface area (Å²) < 4.78 is 5.77. The fourth-order valence-corrected chi connectivity index (χ4v) is 4.57. The van der Waals surface area contributed by atoms with Crippen molar-refractivity contribution in [3.05, 3.63) is 64.7 Å². The lowest BCUT2D eigenvalue weighted by Crippen LogP contribution is -2.29. The van der Waals surface area contributed by atoms with Crippen LogP contribution in [0.3, 0.4) is 0 Å². The van der Waals surface area contributed by atoms with Crippen LogP contribution in [0.4, 0.5) is 0 Å². The zero-order valence-corrected chi connectivity index (χ0v) is 24.4. The molecule has 2 unspecified atom stereocenters. The summed E-state index contributed by atoms with van der Waals surface area (Å²) in [7, 11) is 0. The molecule has 2 N–H and O–H groups in total. The molecule has 4 heteroatoms. The number of nitrogens with zero attached hydrogens (tertiary/aromatic N) is 1. The van der Waals surface area contributed by atoms with Crippen LogP contribution in [0.2, 0.25) is 0 Å². The molecule has 2 rings (SSSR count). The van der Waals surface area contributed by atoms with E-state index >= 15 is 0 Å².